The van der Waals surface area contributed by atoms with Crippen molar-refractivity contribution in [1.29, 1.82) is 0 Å². The van der Waals surface area contributed by atoms with Crippen molar-refractivity contribution in [2.45, 2.75) is 18.4 Å². The Bertz CT molecular complexity index is 1510. The lowest BCUT2D eigenvalue weighted by Gasteiger charge is -2.34. The second-order valence-electron chi connectivity index (χ2n) is 10.8. The molecule has 11 heteroatoms. The Labute approximate surface area is 237 Å². The third-order valence-corrected chi connectivity index (χ3v) is 7.88. The van der Waals surface area contributed by atoms with Crippen LogP contribution in [0.2, 0.25) is 0 Å². The Morgan fingerprint density at radius 2 is 1.76 bits per heavy atom. The van der Waals surface area contributed by atoms with Gasteiger partial charge in [-0.1, -0.05) is 0 Å². The largest absolute Gasteiger partial charge is 0.388 e. The summed E-state index contributed by atoms with van der Waals surface area (Å²) in [5.41, 5.74) is 2.20. The van der Waals surface area contributed by atoms with Crippen LogP contribution in [0.5, 0.6) is 0 Å². The van der Waals surface area contributed by atoms with Crippen LogP contribution in [0.1, 0.15) is 28.8 Å². The first-order valence-electron chi connectivity index (χ1n) is 13.9. The fourth-order valence-corrected chi connectivity index (χ4v) is 5.28. The molecule has 0 amide bonds. The molecule has 10 nitrogen and oxygen atoms in total. The van der Waals surface area contributed by atoms with Crippen LogP contribution < -0.4 is 15.5 Å². The number of carbonyl (C=O) groups is 1. The van der Waals surface area contributed by atoms with Crippen LogP contribution in [0.4, 0.5) is 27.5 Å². The number of hydrogen-bond acceptors (Lipinski definition) is 9. The van der Waals surface area contributed by atoms with Gasteiger partial charge in [-0.2, -0.15) is 9.97 Å². The number of aliphatic hydroxyl groups is 1. The molecule has 0 unspecified atom stereocenters. The maximum atomic E-state index is 13.5. The molecule has 4 aromatic rings. The second kappa shape index (κ2) is 11.4. The summed E-state index contributed by atoms with van der Waals surface area (Å²) in [6, 6.07) is 13.6. The SMILES string of the molecule is CN1CCN(c2ccc(Nc3nc(NCC4(O)CCOCC4)c4c(C(=O)c5ccc(F)cc5)c[nH]c4n3)cc2)CC1. The molecule has 0 spiro atoms. The minimum atomic E-state index is -0.959. The Morgan fingerprint density at radius 1 is 1.05 bits per heavy atom. The number of piperazine rings is 1. The van der Waals surface area contributed by atoms with Gasteiger partial charge in [0.2, 0.25) is 5.95 Å². The average Bonchev–Trinajstić information content (AvgIpc) is 3.41. The third kappa shape index (κ3) is 6.02. The van der Waals surface area contributed by atoms with Gasteiger partial charge in [0.1, 0.15) is 17.3 Å². The highest BCUT2D eigenvalue weighted by Crippen LogP contribution is 2.30. The Hall–Kier alpha value is -4.06. The van der Waals surface area contributed by atoms with Gasteiger partial charge in [0.05, 0.1) is 16.6 Å². The molecule has 4 heterocycles. The van der Waals surface area contributed by atoms with Gasteiger partial charge in [0.25, 0.3) is 0 Å². The molecule has 0 atom stereocenters. The van der Waals surface area contributed by atoms with Gasteiger partial charge in [0.15, 0.2) is 5.78 Å². The quantitative estimate of drug-likeness (QED) is 0.239. The topological polar surface area (TPSA) is 119 Å². The fraction of sp³-hybridized carbons (Fsp3) is 0.367. The van der Waals surface area contributed by atoms with E-state index in [2.05, 4.69) is 49.6 Å². The number of hydrogen-bond donors (Lipinski definition) is 4. The zero-order valence-corrected chi connectivity index (χ0v) is 23.0. The van der Waals surface area contributed by atoms with Crippen molar-refractivity contribution in [3.05, 3.63) is 71.7 Å². The molecule has 0 saturated carbocycles. The molecule has 0 bridgehead atoms. The number of benzene rings is 2. The van der Waals surface area contributed by atoms with Crippen molar-refractivity contribution < 1.29 is 19.0 Å². The number of ether oxygens (including phenoxy) is 1. The van der Waals surface area contributed by atoms with Crippen molar-refractivity contribution in [3.8, 4) is 0 Å². The first kappa shape index (κ1) is 27.1. The van der Waals surface area contributed by atoms with E-state index in [1.807, 2.05) is 12.1 Å². The lowest BCUT2D eigenvalue weighted by Crippen LogP contribution is -2.44. The zero-order valence-electron chi connectivity index (χ0n) is 23.0. The van der Waals surface area contributed by atoms with E-state index in [1.165, 1.54) is 30.0 Å². The Balaban J connectivity index is 1.29. The first-order chi connectivity index (χ1) is 19.9. The van der Waals surface area contributed by atoms with E-state index < -0.39 is 11.4 Å². The standard InChI is InChI=1S/C30H34FN7O3/c1-37-12-14-38(15-13-37)23-8-6-22(7-9-23)34-29-35-27-25(28(36-29)33-19-30(40)10-16-41-17-11-30)24(18-32-27)26(39)20-2-4-21(31)5-3-20/h2-9,18,40H,10-17,19H2,1H3,(H3,32,33,34,35,36). The maximum absolute atomic E-state index is 13.5. The van der Waals surface area contributed by atoms with Gasteiger partial charge in [-0.05, 0) is 55.6 Å². The number of H-pyrrole nitrogens is 1. The number of rotatable bonds is 8. The summed E-state index contributed by atoms with van der Waals surface area (Å²) in [4.78, 5) is 30.6. The predicted molar refractivity (Wildman–Crippen MR) is 157 cm³/mol. The average molecular weight is 560 g/mol. The summed E-state index contributed by atoms with van der Waals surface area (Å²) in [5.74, 6) is 0.0585. The van der Waals surface area contributed by atoms with E-state index in [0.717, 1.165) is 31.9 Å². The number of fused-ring (bicyclic) bond motifs is 1. The summed E-state index contributed by atoms with van der Waals surface area (Å²) in [5, 5.41) is 18.1. The molecule has 214 valence electrons. The first-order valence-corrected chi connectivity index (χ1v) is 13.9. The lowest BCUT2D eigenvalue weighted by atomic mass is 9.94. The number of nitrogens with zero attached hydrogens (tertiary/aromatic N) is 4. The van der Waals surface area contributed by atoms with Crippen LogP contribution in [-0.4, -0.2) is 89.3 Å². The van der Waals surface area contributed by atoms with E-state index in [4.69, 9.17) is 9.72 Å². The normalized spacial score (nSPS) is 17.5. The van der Waals surface area contributed by atoms with Crippen LogP contribution in [0, 0.1) is 5.82 Å². The molecule has 2 aliphatic rings. The maximum Gasteiger partial charge on any atom is 0.231 e. The molecule has 4 N–H and O–H groups in total. The molecule has 41 heavy (non-hydrogen) atoms. The van der Waals surface area contributed by atoms with Crippen LogP contribution in [0.15, 0.2) is 54.7 Å². The molecule has 2 aliphatic heterocycles. The Kier molecular flexibility index (Phi) is 7.57. The summed E-state index contributed by atoms with van der Waals surface area (Å²) >= 11 is 0. The number of aromatic amines is 1. The van der Waals surface area contributed by atoms with Gasteiger partial charge >= 0.3 is 0 Å². The third-order valence-electron chi connectivity index (χ3n) is 7.88. The summed E-state index contributed by atoms with van der Waals surface area (Å²) < 4.78 is 18.9. The predicted octanol–water partition coefficient (Wildman–Crippen LogP) is 3.78. The molecular weight excluding hydrogens is 525 g/mol. The van der Waals surface area contributed by atoms with Gasteiger partial charge in [-0.3, -0.25) is 4.79 Å². The molecule has 2 aromatic heterocycles. The van der Waals surface area contributed by atoms with E-state index >= 15 is 0 Å². The van der Waals surface area contributed by atoms with E-state index in [0.29, 0.717) is 60.0 Å². The number of nitrogens with one attached hydrogen (secondary N) is 3. The number of ketones is 1. The minimum Gasteiger partial charge on any atom is -0.388 e. The number of likely N-dealkylation sites (N-methyl/N-ethyl adjacent to an activating group) is 1. The number of halogens is 1. The highest BCUT2D eigenvalue weighted by molar-refractivity contribution is 6.18. The lowest BCUT2D eigenvalue weighted by molar-refractivity contribution is -0.0543. The highest BCUT2D eigenvalue weighted by atomic mass is 19.1. The molecule has 0 radical (unpaired) electrons. The van der Waals surface area contributed by atoms with Gasteiger partial charge in [-0.25, -0.2) is 4.39 Å². The summed E-state index contributed by atoms with van der Waals surface area (Å²) in [7, 11) is 2.14. The van der Waals surface area contributed by atoms with Crippen molar-refractivity contribution in [1.82, 2.24) is 19.9 Å². The van der Waals surface area contributed by atoms with E-state index in [1.54, 1.807) is 6.20 Å². The minimum absolute atomic E-state index is 0.233. The van der Waals surface area contributed by atoms with Crippen LogP contribution in [0.3, 0.4) is 0 Å². The number of aromatic nitrogens is 3. The van der Waals surface area contributed by atoms with Crippen molar-refractivity contribution in [3.63, 3.8) is 0 Å². The molecule has 2 fully saturated rings. The van der Waals surface area contributed by atoms with Crippen molar-refractivity contribution in [2.75, 3.05) is 68.5 Å². The monoisotopic (exact) mass is 559 g/mol. The van der Waals surface area contributed by atoms with Gasteiger partial charge in [0, 0.05) is 81.9 Å². The second-order valence-corrected chi connectivity index (χ2v) is 10.8. The number of anilines is 4. The van der Waals surface area contributed by atoms with E-state index in [9.17, 15) is 14.3 Å². The number of carbonyl (C=O) groups excluding carboxylic acids is 1. The van der Waals surface area contributed by atoms with Crippen molar-refractivity contribution >= 4 is 40.0 Å². The van der Waals surface area contributed by atoms with Gasteiger partial charge < -0.3 is 35.3 Å². The van der Waals surface area contributed by atoms with Crippen LogP contribution in [-0.2, 0) is 4.74 Å². The van der Waals surface area contributed by atoms with Crippen LogP contribution in [0.25, 0.3) is 11.0 Å². The molecule has 2 saturated heterocycles. The van der Waals surface area contributed by atoms with E-state index in [-0.39, 0.29) is 12.3 Å². The molecule has 2 aromatic carbocycles. The zero-order chi connectivity index (χ0) is 28.4. The van der Waals surface area contributed by atoms with Crippen molar-refractivity contribution in [2.24, 2.45) is 0 Å². The molecule has 0 aliphatic carbocycles. The summed E-state index contributed by atoms with van der Waals surface area (Å²) in [6.45, 7) is 5.24. The molecular formula is C30H34FN7O3. The van der Waals surface area contributed by atoms with Gasteiger partial charge in [-0.15, -0.1) is 0 Å². The smallest absolute Gasteiger partial charge is 0.231 e. The fourth-order valence-electron chi connectivity index (χ4n) is 5.28. The summed E-state index contributed by atoms with van der Waals surface area (Å²) in [6.07, 6.45) is 2.58. The molecule has 6 rings (SSSR count). The highest BCUT2D eigenvalue weighted by Gasteiger charge is 2.30. The van der Waals surface area contributed by atoms with Crippen LogP contribution >= 0.6 is 0 Å². The Morgan fingerprint density at radius 3 is 2.46 bits per heavy atom.